The second kappa shape index (κ2) is 6.84. The van der Waals surface area contributed by atoms with E-state index in [1.165, 1.54) is 17.0 Å². The molecule has 0 saturated carbocycles. The number of sulfonamides is 1. The molecule has 8 nitrogen and oxygen atoms in total. The Bertz CT molecular complexity index is 1150. The van der Waals surface area contributed by atoms with Gasteiger partial charge in [-0.25, -0.2) is 13.1 Å². The van der Waals surface area contributed by atoms with Gasteiger partial charge in [0.05, 0.1) is 17.9 Å². The lowest BCUT2D eigenvalue weighted by atomic mass is 10.1. The molecule has 0 atom stereocenters. The van der Waals surface area contributed by atoms with Crippen molar-refractivity contribution in [2.75, 3.05) is 11.9 Å². The fourth-order valence-electron chi connectivity index (χ4n) is 2.99. The molecule has 2 heterocycles. The van der Waals surface area contributed by atoms with Gasteiger partial charge in [0.2, 0.25) is 27.7 Å². The van der Waals surface area contributed by atoms with Crippen LogP contribution in [0.5, 0.6) is 0 Å². The van der Waals surface area contributed by atoms with Crippen molar-refractivity contribution in [1.82, 2.24) is 14.9 Å². The summed E-state index contributed by atoms with van der Waals surface area (Å²) in [6, 6.07) is 12.2. The van der Waals surface area contributed by atoms with Crippen molar-refractivity contribution >= 4 is 21.6 Å². The molecular weight excluding hydrogens is 380 g/mol. The molecular formula is C19H18N4O4S. The molecule has 0 aliphatic carbocycles. The number of rotatable bonds is 5. The van der Waals surface area contributed by atoms with Crippen LogP contribution in [0.4, 0.5) is 5.69 Å². The molecule has 1 amide bonds. The van der Waals surface area contributed by atoms with Gasteiger partial charge in [0.15, 0.2) is 0 Å². The molecule has 0 unspecified atom stereocenters. The highest BCUT2D eigenvalue weighted by molar-refractivity contribution is 7.89. The number of aromatic nitrogens is 2. The summed E-state index contributed by atoms with van der Waals surface area (Å²) in [5, 5.41) is 7.85. The number of fused-ring (bicyclic) bond motifs is 1. The molecule has 1 aliphatic heterocycles. The molecule has 144 valence electrons. The van der Waals surface area contributed by atoms with Crippen LogP contribution in [0.15, 0.2) is 51.8 Å². The highest BCUT2D eigenvalue weighted by Crippen LogP contribution is 2.29. The van der Waals surface area contributed by atoms with Crippen molar-refractivity contribution in [1.29, 1.82) is 0 Å². The van der Waals surface area contributed by atoms with Crippen LogP contribution in [0.1, 0.15) is 17.0 Å². The normalized spacial score (nSPS) is 13.8. The monoisotopic (exact) mass is 398 g/mol. The fourth-order valence-corrected chi connectivity index (χ4v) is 4.02. The number of aryl methyl sites for hydroxylation is 1. The number of nitrogens with zero attached hydrogens (tertiary/aromatic N) is 3. The van der Waals surface area contributed by atoms with Crippen molar-refractivity contribution < 1.29 is 17.6 Å². The third-order valence-electron chi connectivity index (χ3n) is 4.62. The van der Waals surface area contributed by atoms with Gasteiger partial charge in [0.1, 0.15) is 0 Å². The summed E-state index contributed by atoms with van der Waals surface area (Å²) in [7, 11) is -2.12. The second-order valence-corrected chi connectivity index (χ2v) is 8.38. The van der Waals surface area contributed by atoms with Gasteiger partial charge >= 0.3 is 0 Å². The van der Waals surface area contributed by atoms with Gasteiger partial charge in [0, 0.05) is 18.3 Å². The van der Waals surface area contributed by atoms with Crippen LogP contribution in [0.3, 0.4) is 0 Å². The maximum Gasteiger partial charge on any atom is 0.247 e. The largest absolute Gasteiger partial charge is 0.419 e. The topological polar surface area (TPSA) is 105 Å². The lowest BCUT2D eigenvalue weighted by Gasteiger charge is -2.11. The quantitative estimate of drug-likeness (QED) is 0.705. The van der Waals surface area contributed by atoms with E-state index in [1.807, 2.05) is 31.2 Å². The van der Waals surface area contributed by atoms with E-state index in [2.05, 4.69) is 14.9 Å². The van der Waals surface area contributed by atoms with Gasteiger partial charge in [-0.3, -0.25) is 4.79 Å². The third-order valence-corrected chi connectivity index (χ3v) is 6.02. The predicted molar refractivity (Wildman–Crippen MR) is 102 cm³/mol. The van der Waals surface area contributed by atoms with E-state index in [9.17, 15) is 13.2 Å². The molecule has 1 aromatic heterocycles. The Balaban J connectivity index is 1.48. The van der Waals surface area contributed by atoms with Gasteiger partial charge in [-0.1, -0.05) is 17.7 Å². The number of anilines is 1. The number of nitrogens with one attached hydrogen (secondary N) is 1. The van der Waals surface area contributed by atoms with Crippen LogP contribution < -0.4 is 9.62 Å². The van der Waals surface area contributed by atoms with Gasteiger partial charge in [-0.05, 0) is 42.8 Å². The molecule has 1 aliphatic rings. The number of hydrogen-bond donors (Lipinski definition) is 1. The van der Waals surface area contributed by atoms with Crippen molar-refractivity contribution in [3.05, 3.63) is 59.5 Å². The zero-order valence-corrected chi connectivity index (χ0v) is 16.2. The van der Waals surface area contributed by atoms with E-state index in [-0.39, 0.29) is 29.7 Å². The molecule has 3 aromatic rings. The summed E-state index contributed by atoms with van der Waals surface area (Å²) >= 11 is 0. The molecule has 0 bridgehead atoms. The SMILES string of the molecule is Cc1ccc(-c2nnc(CNS(=O)(=O)c3ccc4c(c3)CC(=O)N4C)o2)cc1. The summed E-state index contributed by atoms with van der Waals surface area (Å²) in [5.41, 5.74) is 3.29. The Morgan fingerprint density at radius 3 is 2.64 bits per heavy atom. The highest BCUT2D eigenvalue weighted by atomic mass is 32.2. The average Bonchev–Trinajstić information content (AvgIpc) is 3.26. The third kappa shape index (κ3) is 3.41. The molecule has 9 heteroatoms. The van der Waals surface area contributed by atoms with Gasteiger partial charge in [-0.2, -0.15) is 0 Å². The van der Waals surface area contributed by atoms with Gasteiger partial charge < -0.3 is 9.32 Å². The number of amides is 1. The van der Waals surface area contributed by atoms with Crippen LogP contribution >= 0.6 is 0 Å². The fraction of sp³-hybridized carbons (Fsp3) is 0.211. The summed E-state index contributed by atoms with van der Waals surface area (Å²) in [5.74, 6) is 0.426. The molecule has 1 N–H and O–H groups in total. The van der Waals surface area contributed by atoms with Crippen LogP contribution in [-0.2, 0) is 27.8 Å². The van der Waals surface area contributed by atoms with Crippen LogP contribution in [0, 0.1) is 6.92 Å². The second-order valence-electron chi connectivity index (χ2n) is 6.61. The Hall–Kier alpha value is -3.04. The minimum atomic E-state index is -3.78. The summed E-state index contributed by atoms with van der Waals surface area (Å²) in [6.07, 6.45) is 0.193. The Morgan fingerprint density at radius 2 is 1.89 bits per heavy atom. The van der Waals surface area contributed by atoms with E-state index in [0.717, 1.165) is 16.8 Å². The van der Waals surface area contributed by atoms with E-state index < -0.39 is 10.0 Å². The lowest BCUT2D eigenvalue weighted by Crippen LogP contribution is -2.23. The highest BCUT2D eigenvalue weighted by Gasteiger charge is 2.26. The van der Waals surface area contributed by atoms with E-state index in [0.29, 0.717) is 11.5 Å². The van der Waals surface area contributed by atoms with Crippen molar-refractivity contribution in [2.24, 2.45) is 0 Å². The van der Waals surface area contributed by atoms with Crippen LogP contribution in [-0.4, -0.2) is 31.6 Å². The summed E-state index contributed by atoms with van der Waals surface area (Å²) < 4.78 is 33.2. The Labute approximate surface area is 162 Å². The van der Waals surface area contributed by atoms with Crippen molar-refractivity contribution in [3.63, 3.8) is 0 Å². The lowest BCUT2D eigenvalue weighted by molar-refractivity contribution is -0.117. The number of carbonyl (C=O) groups excluding carboxylic acids is 1. The van der Waals surface area contributed by atoms with Crippen molar-refractivity contribution in [3.8, 4) is 11.5 Å². The molecule has 0 saturated heterocycles. The molecule has 0 fully saturated rings. The molecule has 4 rings (SSSR count). The first-order valence-electron chi connectivity index (χ1n) is 8.62. The summed E-state index contributed by atoms with van der Waals surface area (Å²) in [4.78, 5) is 13.4. The van der Waals surface area contributed by atoms with Gasteiger partial charge in [-0.15, -0.1) is 10.2 Å². The first-order chi connectivity index (χ1) is 13.3. The van der Waals surface area contributed by atoms with Gasteiger partial charge in [0.25, 0.3) is 0 Å². The number of hydrogen-bond acceptors (Lipinski definition) is 6. The Kier molecular flexibility index (Phi) is 4.48. The summed E-state index contributed by atoms with van der Waals surface area (Å²) in [6.45, 7) is 1.85. The molecule has 28 heavy (non-hydrogen) atoms. The van der Waals surface area contributed by atoms with E-state index in [1.54, 1.807) is 13.1 Å². The first kappa shape index (κ1) is 18.3. The maximum atomic E-state index is 12.6. The zero-order valence-electron chi connectivity index (χ0n) is 15.3. The van der Waals surface area contributed by atoms with Crippen LogP contribution in [0.25, 0.3) is 11.5 Å². The molecule has 2 aromatic carbocycles. The average molecular weight is 398 g/mol. The van der Waals surface area contributed by atoms with E-state index in [4.69, 9.17) is 4.42 Å². The number of benzene rings is 2. The number of carbonyl (C=O) groups is 1. The Morgan fingerprint density at radius 1 is 1.14 bits per heavy atom. The maximum absolute atomic E-state index is 12.6. The molecule has 0 spiro atoms. The zero-order chi connectivity index (χ0) is 19.9. The first-order valence-corrected chi connectivity index (χ1v) is 10.1. The van der Waals surface area contributed by atoms with Crippen LogP contribution in [0.2, 0.25) is 0 Å². The van der Waals surface area contributed by atoms with Crippen molar-refractivity contribution in [2.45, 2.75) is 24.8 Å². The minimum absolute atomic E-state index is 0.0630. The minimum Gasteiger partial charge on any atom is -0.419 e. The van der Waals surface area contributed by atoms with E-state index >= 15 is 0 Å². The number of likely N-dealkylation sites (N-methyl/N-ethyl adjacent to an activating group) is 1. The standard InChI is InChI=1S/C19H18N4O4S/c1-12-3-5-13(6-4-12)19-22-21-17(27-19)11-20-28(25,26)15-7-8-16-14(9-15)10-18(24)23(16)2/h3-9,20H,10-11H2,1-2H3. The smallest absolute Gasteiger partial charge is 0.247 e. The predicted octanol–water partition coefficient (Wildman–Crippen LogP) is 2.04. The molecule has 0 radical (unpaired) electrons.